The van der Waals surface area contributed by atoms with Gasteiger partial charge in [0.1, 0.15) is 0 Å². The van der Waals surface area contributed by atoms with Crippen molar-refractivity contribution >= 4 is 17.7 Å². The molecule has 6 nitrogen and oxygen atoms in total. The van der Waals surface area contributed by atoms with Crippen molar-refractivity contribution < 1.29 is 14.7 Å². The summed E-state index contributed by atoms with van der Waals surface area (Å²) >= 11 is 0. The lowest BCUT2D eigenvalue weighted by atomic mass is 10.0. The standard InChI is InChI=1S/C15H23N3O3/c1-10-8-11(2)13(12(9-10)14(19)20)16-15(21)18(5)7-6-17(3)4/h8-9H,6-7H2,1-5H3,(H,16,21)(H,19,20). The van der Waals surface area contributed by atoms with Gasteiger partial charge in [-0.1, -0.05) is 6.07 Å². The van der Waals surface area contributed by atoms with Gasteiger partial charge in [0.2, 0.25) is 0 Å². The number of carbonyl (C=O) groups is 2. The number of carbonyl (C=O) groups excluding carboxylic acids is 1. The number of aromatic carboxylic acids is 1. The second-order valence-corrected chi connectivity index (χ2v) is 5.46. The van der Waals surface area contributed by atoms with Crippen LogP contribution < -0.4 is 5.32 Å². The number of amides is 2. The third-order valence-electron chi connectivity index (χ3n) is 3.17. The predicted molar refractivity (Wildman–Crippen MR) is 83.1 cm³/mol. The van der Waals surface area contributed by atoms with Crippen molar-refractivity contribution in [1.29, 1.82) is 0 Å². The lowest BCUT2D eigenvalue weighted by Gasteiger charge is -2.21. The number of anilines is 1. The summed E-state index contributed by atoms with van der Waals surface area (Å²) < 4.78 is 0. The SMILES string of the molecule is Cc1cc(C)c(NC(=O)N(C)CCN(C)C)c(C(=O)O)c1. The average Bonchev–Trinajstić information content (AvgIpc) is 2.38. The Balaban J connectivity index is 2.92. The van der Waals surface area contributed by atoms with Gasteiger partial charge >= 0.3 is 12.0 Å². The Bertz CT molecular complexity index is 541. The molecule has 0 unspecified atom stereocenters. The van der Waals surface area contributed by atoms with E-state index in [0.717, 1.165) is 17.7 Å². The van der Waals surface area contributed by atoms with Gasteiger partial charge < -0.3 is 20.2 Å². The smallest absolute Gasteiger partial charge is 0.337 e. The fraction of sp³-hybridized carbons (Fsp3) is 0.467. The van der Waals surface area contributed by atoms with Crippen LogP contribution in [0.3, 0.4) is 0 Å². The molecular formula is C15H23N3O3. The summed E-state index contributed by atoms with van der Waals surface area (Å²) in [7, 11) is 5.54. The summed E-state index contributed by atoms with van der Waals surface area (Å²) in [6, 6.07) is 3.10. The molecular weight excluding hydrogens is 270 g/mol. The predicted octanol–water partition coefficient (Wildman–Crippen LogP) is 2.03. The van der Waals surface area contributed by atoms with Crippen LogP contribution in [0.2, 0.25) is 0 Å². The number of hydrogen-bond donors (Lipinski definition) is 2. The van der Waals surface area contributed by atoms with Gasteiger partial charge in [0.05, 0.1) is 11.3 Å². The molecule has 0 heterocycles. The topological polar surface area (TPSA) is 72.9 Å². The molecule has 0 radical (unpaired) electrons. The van der Waals surface area contributed by atoms with Crippen LogP contribution in [0.25, 0.3) is 0 Å². The number of nitrogens with zero attached hydrogens (tertiary/aromatic N) is 2. The molecule has 0 saturated heterocycles. The summed E-state index contributed by atoms with van der Waals surface area (Å²) in [5.74, 6) is -1.05. The number of aryl methyl sites for hydroxylation is 2. The molecule has 0 saturated carbocycles. The minimum Gasteiger partial charge on any atom is -0.478 e. The van der Waals surface area contributed by atoms with Gasteiger partial charge in [0, 0.05) is 20.1 Å². The third-order valence-corrected chi connectivity index (χ3v) is 3.17. The molecule has 2 N–H and O–H groups in total. The van der Waals surface area contributed by atoms with Crippen LogP contribution in [0.4, 0.5) is 10.5 Å². The fourth-order valence-electron chi connectivity index (χ4n) is 1.96. The number of carboxylic acids is 1. The fourth-order valence-corrected chi connectivity index (χ4v) is 1.96. The molecule has 1 aromatic rings. The molecule has 2 amide bonds. The van der Waals surface area contributed by atoms with Gasteiger partial charge in [-0.05, 0) is 45.1 Å². The molecule has 0 atom stereocenters. The first-order valence-corrected chi connectivity index (χ1v) is 6.73. The maximum atomic E-state index is 12.1. The van der Waals surface area contributed by atoms with E-state index in [0.29, 0.717) is 12.2 Å². The van der Waals surface area contributed by atoms with Gasteiger partial charge in [0.15, 0.2) is 0 Å². The van der Waals surface area contributed by atoms with Gasteiger partial charge in [0.25, 0.3) is 0 Å². The molecule has 0 aliphatic rings. The first-order chi connectivity index (χ1) is 9.72. The van der Waals surface area contributed by atoms with Crippen molar-refractivity contribution in [3.05, 3.63) is 28.8 Å². The number of likely N-dealkylation sites (N-methyl/N-ethyl adjacent to an activating group) is 2. The maximum absolute atomic E-state index is 12.1. The summed E-state index contributed by atoms with van der Waals surface area (Å²) in [6.07, 6.45) is 0. The van der Waals surface area contributed by atoms with E-state index in [-0.39, 0.29) is 11.6 Å². The van der Waals surface area contributed by atoms with Gasteiger partial charge in [-0.2, -0.15) is 0 Å². The molecule has 0 bridgehead atoms. The molecule has 6 heteroatoms. The minimum absolute atomic E-state index is 0.113. The van der Waals surface area contributed by atoms with Crippen LogP contribution in [0.1, 0.15) is 21.5 Å². The third kappa shape index (κ3) is 4.75. The molecule has 0 aromatic heterocycles. The Labute approximate surface area is 125 Å². The van der Waals surface area contributed by atoms with E-state index in [4.69, 9.17) is 0 Å². The van der Waals surface area contributed by atoms with E-state index in [1.54, 1.807) is 20.0 Å². The Morgan fingerprint density at radius 3 is 2.29 bits per heavy atom. The molecule has 0 aliphatic heterocycles. The summed E-state index contributed by atoms with van der Waals surface area (Å²) in [5.41, 5.74) is 2.06. The normalized spacial score (nSPS) is 10.6. The molecule has 0 aliphatic carbocycles. The molecule has 0 fully saturated rings. The lowest BCUT2D eigenvalue weighted by Crippen LogP contribution is -2.36. The quantitative estimate of drug-likeness (QED) is 0.871. The van der Waals surface area contributed by atoms with Crippen LogP contribution >= 0.6 is 0 Å². The zero-order valence-corrected chi connectivity index (χ0v) is 13.2. The zero-order chi connectivity index (χ0) is 16.2. The number of carboxylic acid groups (broad SMARTS) is 1. The van der Waals surface area contributed by atoms with Crippen molar-refractivity contribution in [1.82, 2.24) is 9.80 Å². The molecule has 1 aromatic carbocycles. The highest BCUT2D eigenvalue weighted by atomic mass is 16.4. The molecule has 21 heavy (non-hydrogen) atoms. The number of urea groups is 1. The zero-order valence-electron chi connectivity index (χ0n) is 13.2. The Morgan fingerprint density at radius 1 is 1.14 bits per heavy atom. The van der Waals surface area contributed by atoms with Crippen molar-refractivity contribution in [3.8, 4) is 0 Å². The Hall–Kier alpha value is -2.08. The highest BCUT2D eigenvalue weighted by Crippen LogP contribution is 2.23. The van der Waals surface area contributed by atoms with Crippen molar-refractivity contribution in [2.24, 2.45) is 0 Å². The van der Waals surface area contributed by atoms with E-state index in [2.05, 4.69) is 5.32 Å². The second kappa shape index (κ2) is 7.08. The van der Waals surface area contributed by atoms with Crippen LogP contribution in [0.5, 0.6) is 0 Å². The monoisotopic (exact) mass is 293 g/mol. The van der Waals surface area contributed by atoms with Crippen molar-refractivity contribution in [2.75, 3.05) is 39.5 Å². The first kappa shape index (κ1) is 17.0. The summed E-state index contributed by atoms with van der Waals surface area (Å²) in [4.78, 5) is 27.0. The Morgan fingerprint density at radius 2 is 1.76 bits per heavy atom. The largest absolute Gasteiger partial charge is 0.478 e. The number of hydrogen-bond acceptors (Lipinski definition) is 3. The van der Waals surface area contributed by atoms with Gasteiger partial charge in [-0.3, -0.25) is 0 Å². The first-order valence-electron chi connectivity index (χ1n) is 6.73. The highest BCUT2D eigenvalue weighted by Gasteiger charge is 2.17. The van der Waals surface area contributed by atoms with Crippen molar-refractivity contribution in [3.63, 3.8) is 0 Å². The van der Waals surface area contributed by atoms with Crippen LogP contribution in [0, 0.1) is 13.8 Å². The van der Waals surface area contributed by atoms with Crippen LogP contribution in [0.15, 0.2) is 12.1 Å². The average molecular weight is 293 g/mol. The van der Waals surface area contributed by atoms with Crippen molar-refractivity contribution in [2.45, 2.75) is 13.8 Å². The Kier molecular flexibility index (Phi) is 5.72. The second-order valence-electron chi connectivity index (χ2n) is 5.46. The minimum atomic E-state index is -1.05. The van der Waals surface area contributed by atoms with E-state index in [9.17, 15) is 14.7 Å². The van der Waals surface area contributed by atoms with E-state index in [1.165, 1.54) is 4.90 Å². The van der Waals surface area contributed by atoms with Gasteiger partial charge in [-0.15, -0.1) is 0 Å². The number of rotatable bonds is 5. The maximum Gasteiger partial charge on any atom is 0.337 e. The summed E-state index contributed by atoms with van der Waals surface area (Å²) in [5, 5.41) is 12.0. The van der Waals surface area contributed by atoms with E-state index >= 15 is 0 Å². The lowest BCUT2D eigenvalue weighted by molar-refractivity contribution is 0.0698. The molecule has 0 spiro atoms. The number of benzene rings is 1. The number of nitrogens with one attached hydrogen (secondary N) is 1. The molecule has 1 rings (SSSR count). The van der Waals surface area contributed by atoms with Gasteiger partial charge in [-0.25, -0.2) is 9.59 Å². The van der Waals surface area contributed by atoms with E-state index in [1.807, 2.05) is 32.0 Å². The van der Waals surface area contributed by atoms with E-state index < -0.39 is 5.97 Å². The summed E-state index contributed by atoms with van der Waals surface area (Å²) in [6.45, 7) is 4.91. The highest BCUT2D eigenvalue weighted by molar-refractivity contribution is 6.01. The molecule has 116 valence electrons. The van der Waals surface area contributed by atoms with Crippen LogP contribution in [-0.2, 0) is 0 Å². The van der Waals surface area contributed by atoms with Crippen LogP contribution in [-0.4, -0.2) is 61.1 Å².